The molecule has 1 saturated heterocycles. The molecule has 2 aromatic rings. The van der Waals surface area contributed by atoms with E-state index in [1.807, 2.05) is 0 Å². The summed E-state index contributed by atoms with van der Waals surface area (Å²) in [6.07, 6.45) is 2.39. The van der Waals surface area contributed by atoms with Crippen LogP contribution in [0.5, 0.6) is 5.75 Å². The summed E-state index contributed by atoms with van der Waals surface area (Å²) < 4.78 is 11.6. The van der Waals surface area contributed by atoms with E-state index in [-0.39, 0.29) is 30.1 Å². The second-order valence-electron chi connectivity index (χ2n) is 7.50. The minimum atomic E-state index is 0. The predicted octanol–water partition coefficient (Wildman–Crippen LogP) is 4.84. The zero-order valence-electron chi connectivity index (χ0n) is 18.2. The molecule has 1 aliphatic heterocycles. The molecule has 0 radical (unpaired) electrons. The lowest BCUT2D eigenvalue weighted by Crippen LogP contribution is -2.42. The van der Waals surface area contributed by atoms with E-state index in [0.29, 0.717) is 12.5 Å². The maximum Gasteiger partial charge on any atom is 0.191 e. The molecule has 0 spiro atoms. The Morgan fingerprint density at radius 2 is 1.97 bits per heavy atom. The molecule has 3 rings (SSSR count). The Morgan fingerprint density at radius 3 is 2.70 bits per heavy atom. The van der Waals surface area contributed by atoms with Crippen molar-refractivity contribution in [2.45, 2.75) is 39.3 Å². The maximum atomic E-state index is 6.12. The molecule has 2 unspecified atom stereocenters. The maximum absolute atomic E-state index is 6.12. The van der Waals surface area contributed by atoms with Crippen molar-refractivity contribution in [3.05, 3.63) is 65.2 Å². The van der Waals surface area contributed by atoms with Crippen molar-refractivity contribution < 1.29 is 9.47 Å². The van der Waals surface area contributed by atoms with E-state index in [1.165, 1.54) is 11.1 Å². The Hall–Kier alpha value is -1.80. The Bertz CT molecular complexity index is 798. The molecule has 2 aromatic carbocycles. The van der Waals surface area contributed by atoms with E-state index in [4.69, 9.17) is 14.5 Å². The van der Waals surface area contributed by atoms with E-state index in [0.717, 1.165) is 49.8 Å². The van der Waals surface area contributed by atoms with Gasteiger partial charge in [-0.1, -0.05) is 42.5 Å². The number of halogens is 1. The number of nitrogens with zero attached hydrogens (tertiary/aromatic N) is 1. The molecule has 2 N–H and O–H groups in total. The van der Waals surface area contributed by atoms with Crippen LogP contribution in [0.15, 0.2) is 53.5 Å². The summed E-state index contributed by atoms with van der Waals surface area (Å²) in [5.74, 6) is 2.13. The summed E-state index contributed by atoms with van der Waals surface area (Å²) in [6.45, 7) is 7.20. The molecule has 2 atom stereocenters. The zero-order valence-corrected chi connectivity index (χ0v) is 20.5. The van der Waals surface area contributed by atoms with Gasteiger partial charge >= 0.3 is 0 Å². The Labute approximate surface area is 197 Å². The number of nitrogens with one attached hydrogen (secondary N) is 2. The monoisotopic (exact) mass is 523 g/mol. The Balaban J connectivity index is 0.00000320. The highest BCUT2D eigenvalue weighted by molar-refractivity contribution is 14.0. The molecule has 164 valence electrons. The van der Waals surface area contributed by atoms with Gasteiger partial charge in [0.15, 0.2) is 5.96 Å². The van der Waals surface area contributed by atoms with Crippen LogP contribution in [0.25, 0.3) is 0 Å². The standard InChI is InChI=1S/C24H33N3O2.HI/c1-4-25-24(26-16-20-13-12-18(2)15-22(20)28-3)27-17-21-11-8-14-29-23(21)19-9-6-5-7-10-19;/h5-7,9-10,12-13,15,21,23H,4,8,11,14,16-17H2,1-3H3,(H2,25,26,27);1H. The number of rotatable bonds is 7. The second kappa shape index (κ2) is 12.8. The first-order valence-electron chi connectivity index (χ1n) is 10.5. The summed E-state index contributed by atoms with van der Waals surface area (Å²) in [5, 5.41) is 6.88. The molecule has 0 aromatic heterocycles. The first kappa shape index (κ1) is 24.5. The second-order valence-corrected chi connectivity index (χ2v) is 7.50. The van der Waals surface area contributed by atoms with Gasteiger partial charge in [-0.25, -0.2) is 4.99 Å². The van der Waals surface area contributed by atoms with Gasteiger partial charge in [-0.15, -0.1) is 24.0 Å². The number of aliphatic imine (C=N–C) groups is 1. The fourth-order valence-electron chi connectivity index (χ4n) is 3.78. The summed E-state index contributed by atoms with van der Waals surface area (Å²) in [6, 6.07) is 16.8. The molecule has 0 bridgehead atoms. The lowest BCUT2D eigenvalue weighted by Gasteiger charge is -2.32. The van der Waals surface area contributed by atoms with Gasteiger partial charge < -0.3 is 20.1 Å². The lowest BCUT2D eigenvalue weighted by molar-refractivity contribution is -0.0265. The van der Waals surface area contributed by atoms with Gasteiger partial charge in [-0.3, -0.25) is 0 Å². The molecule has 1 heterocycles. The molecule has 6 heteroatoms. The number of guanidine groups is 1. The van der Waals surface area contributed by atoms with E-state index in [1.54, 1.807) is 7.11 Å². The molecule has 5 nitrogen and oxygen atoms in total. The molecular weight excluding hydrogens is 489 g/mol. The van der Waals surface area contributed by atoms with Crippen LogP contribution in [0.2, 0.25) is 0 Å². The van der Waals surface area contributed by atoms with Crippen LogP contribution in [0, 0.1) is 12.8 Å². The van der Waals surface area contributed by atoms with E-state index >= 15 is 0 Å². The fraction of sp³-hybridized carbons (Fsp3) is 0.458. The third-order valence-corrected chi connectivity index (χ3v) is 5.30. The molecular formula is C24H34IN3O2. The van der Waals surface area contributed by atoms with Gasteiger partial charge in [0, 0.05) is 31.2 Å². The lowest BCUT2D eigenvalue weighted by atomic mass is 9.89. The average Bonchev–Trinajstić information content (AvgIpc) is 2.77. The van der Waals surface area contributed by atoms with Crippen LogP contribution >= 0.6 is 24.0 Å². The minimum absolute atomic E-state index is 0. The molecule has 1 fully saturated rings. The highest BCUT2D eigenvalue weighted by Gasteiger charge is 2.27. The Morgan fingerprint density at radius 1 is 1.17 bits per heavy atom. The van der Waals surface area contributed by atoms with Gasteiger partial charge in [0.2, 0.25) is 0 Å². The van der Waals surface area contributed by atoms with Crippen LogP contribution in [-0.2, 0) is 11.3 Å². The first-order chi connectivity index (χ1) is 14.2. The van der Waals surface area contributed by atoms with Crippen molar-refractivity contribution in [1.29, 1.82) is 0 Å². The van der Waals surface area contributed by atoms with Crippen molar-refractivity contribution >= 4 is 29.9 Å². The first-order valence-corrected chi connectivity index (χ1v) is 10.5. The van der Waals surface area contributed by atoms with Crippen LogP contribution < -0.4 is 15.4 Å². The third-order valence-electron chi connectivity index (χ3n) is 5.30. The van der Waals surface area contributed by atoms with Gasteiger partial charge in [0.05, 0.1) is 19.8 Å². The van der Waals surface area contributed by atoms with Crippen molar-refractivity contribution in [2.24, 2.45) is 10.9 Å². The van der Waals surface area contributed by atoms with E-state index < -0.39 is 0 Å². The molecule has 0 amide bonds. The van der Waals surface area contributed by atoms with E-state index in [2.05, 4.69) is 73.0 Å². The smallest absolute Gasteiger partial charge is 0.191 e. The van der Waals surface area contributed by atoms with Crippen molar-refractivity contribution in [2.75, 3.05) is 26.8 Å². The molecule has 0 aliphatic carbocycles. The number of aryl methyl sites for hydroxylation is 1. The van der Waals surface area contributed by atoms with Crippen molar-refractivity contribution in [1.82, 2.24) is 10.6 Å². The predicted molar refractivity (Wildman–Crippen MR) is 134 cm³/mol. The number of hydrogen-bond acceptors (Lipinski definition) is 3. The molecule has 0 saturated carbocycles. The zero-order chi connectivity index (χ0) is 20.5. The Kier molecular flexibility index (Phi) is 10.4. The van der Waals surface area contributed by atoms with Gasteiger partial charge in [-0.2, -0.15) is 0 Å². The largest absolute Gasteiger partial charge is 0.496 e. The van der Waals surface area contributed by atoms with Crippen molar-refractivity contribution in [3.63, 3.8) is 0 Å². The highest BCUT2D eigenvalue weighted by Crippen LogP contribution is 2.33. The van der Waals surface area contributed by atoms with Crippen LogP contribution in [0.3, 0.4) is 0 Å². The van der Waals surface area contributed by atoms with Crippen LogP contribution in [0.1, 0.15) is 42.6 Å². The quantitative estimate of drug-likeness (QED) is 0.310. The summed E-state index contributed by atoms with van der Waals surface area (Å²) in [5.41, 5.74) is 3.52. The third kappa shape index (κ3) is 6.87. The van der Waals surface area contributed by atoms with Crippen LogP contribution in [-0.4, -0.2) is 32.8 Å². The number of ether oxygens (including phenoxy) is 2. The summed E-state index contributed by atoms with van der Waals surface area (Å²) in [4.78, 5) is 4.78. The van der Waals surface area contributed by atoms with Crippen LogP contribution in [0.4, 0.5) is 0 Å². The summed E-state index contributed by atoms with van der Waals surface area (Å²) in [7, 11) is 1.71. The SMILES string of the molecule is CCNC(=NCc1ccc(C)cc1OC)NCC1CCCOC1c1ccccc1.I. The molecule has 30 heavy (non-hydrogen) atoms. The minimum Gasteiger partial charge on any atom is -0.496 e. The summed E-state index contributed by atoms with van der Waals surface area (Å²) >= 11 is 0. The highest BCUT2D eigenvalue weighted by atomic mass is 127. The average molecular weight is 523 g/mol. The van der Waals surface area contributed by atoms with Gasteiger partial charge in [0.25, 0.3) is 0 Å². The van der Waals surface area contributed by atoms with Crippen molar-refractivity contribution in [3.8, 4) is 5.75 Å². The normalized spacial score (nSPS) is 19.0. The fourth-order valence-corrected chi connectivity index (χ4v) is 3.78. The number of hydrogen-bond donors (Lipinski definition) is 2. The number of methoxy groups -OCH3 is 1. The van der Waals surface area contributed by atoms with Gasteiger partial charge in [-0.05, 0) is 43.9 Å². The topological polar surface area (TPSA) is 54.9 Å². The van der Waals surface area contributed by atoms with Gasteiger partial charge in [0.1, 0.15) is 5.75 Å². The molecule has 1 aliphatic rings. The number of benzene rings is 2. The van der Waals surface area contributed by atoms with E-state index in [9.17, 15) is 0 Å².